The number of carbonyl (C=O) groups is 1. The average molecular weight is 285 g/mol. The van der Waals surface area contributed by atoms with Gasteiger partial charge in [-0.1, -0.05) is 17.4 Å². The molecule has 0 spiro atoms. The second kappa shape index (κ2) is 4.90. The van der Waals surface area contributed by atoms with Crippen LogP contribution in [0.25, 0.3) is 10.9 Å². The second-order valence-electron chi connectivity index (χ2n) is 4.27. The van der Waals surface area contributed by atoms with E-state index in [0.717, 1.165) is 27.9 Å². The molecule has 0 aliphatic carbocycles. The Balaban J connectivity index is 1.92. The molecule has 0 amide bonds. The van der Waals surface area contributed by atoms with E-state index in [9.17, 15) is 4.79 Å². The molecule has 0 saturated heterocycles. The third-order valence-corrected chi connectivity index (χ3v) is 3.91. The summed E-state index contributed by atoms with van der Waals surface area (Å²) in [5.41, 5.74) is 2.29. The van der Waals surface area contributed by atoms with Crippen LogP contribution in [0.4, 0.5) is 10.8 Å². The Morgan fingerprint density at radius 2 is 2.20 bits per heavy atom. The van der Waals surface area contributed by atoms with Gasteiger partial charge in [0, 0.05) is 17.3 Å². The molecule has 0 atom stereocenters. The van der Waals surface area contributed by atoms with E-state index in [0.29, 0.717) is 10.8 Å². The summed E-state index contributed by atoms with van der Waals surface area (Å²) in [4.78, 5) is 19.7. The standard InChI is InChI=1S/C14H11N3O2S/c1-8-12(13(18)19)20-14(16-8)17-10-4-5-11-9(7-10)3-2-6-15-11/h2-7H,1H3,(H,16,17)(H,18,19). The summed E-state index contributed by atoms with van der Waals surface area (Å²) in [5.74, 6) is -0.948. The topological polar surface area (TPSA) is 75.1 Å². The first-order valence-electron chi connectivity index (χ1n) is 5.96. The van der Waals surface area contributed by atoms with Crippen LogP contribution < -0.4 is 5.32 Å². The van der Waals surface area contributed by atoms with Crippen LogP contribution in [-0.4, -0.2) is 21.0 Å². The van der Waals surface area contributed by atoms with Crippen LogP contribution in [0.2, 0.25) is 0 Å². The minimum Gasteiger partial charge on any atom is -0.477 e. The number of thiazole rings is 1. The summed E-state index contributed by atoms with van der Waals surface area (Å²) in [5, 5.41) is 13.7. The number of hydrogen-bond acceptors (Lipinski definition) is 5. The van der Waals surface area contributed by atoms with Crippen molar-refractivity contribution < 1.29 is 9.90 Å². The zero-order chi connectivity index (χ0) is 14.1. The number of carboxylic acids is 1. The van der Waals surface area contributed by atoms with E-state index in [1.54, 1.807) is 13.1 Å². The maximum Gasteiger partial charge on any atom is 0.347 e. The monoisotopic (exact) mass is 285 g/mol. The number of aryl methyl sites for hydroxylation is 1. The fraction of sp³-hybridized carbons (Fsp3) is 0.0714. The van der Waals surface area contributed by atoms with E-state index in [1.165, 1.54) is 0 Å². The van der Waals surface area contributed by atoms with Crippen molar-refractivity contribution in [3.05, 3.63) is 47.1 Å². The normalized spacial score (nSPS) is 10.7. The van der Waals surface area contributed by atoms with Crippen LogP contribution in [0.15, 0.2) is 36.5 Å². The zero-order valence-electron chi connectivity index (χ0n) is 10.6. The molecule has 1 aromatic carbocycles. The molecule has 0 radical (unpaired) electrons. The molecule has 0 saturated carbocycles. The number of benzene rings is 1. The molecule has 2 aromatic heterocycles. The first-order chi connectivity index (χ1) is 9.63. The fourth-order valence-corrected chi connectivity index (χ4v) is 2.75. The molecule has 3 rings (SSSR count). The van der Waals surface area contributed by atoms with Crippen LogP contribution in [0.1, 0.15) is 15.4 Å². The molecular formula is C14H11N3O2S. The van der Waals surface area contributed by atoms with Crippen LogP contribution in [0.3, 0.4) is 0 Å². The minimum absolute atomic E-state index is 0.259. The molecule has 0 aliphatic heterocycles. The summed E-state index contributed by atoms with van der Waals surface area (Å²) in [6.07, 6.45) is 1.75. The highest BCUT2D eigenvalue weighted by molar-refractivity contribution is 7.17. The van der Waals surface area contributed by atoms with Crippen LogP contribution >= 0.6 is 11.3 Å². The molecule has 0 bridgehead atoms. The number of pyridine rings is 1. The average Bonchev–Trinajstić information content (AvgIpc) is 2.79. The van der Waals surface area contributed by atoms with Crippen molar-refractivity contribution in [2.45, 2.75) is 6.92 Å². The Labute approximate surface area is 118 Å². The van der Waals surface area contributed by atoms with E-state index < -0.39 is 5.97 Å². The van der Waals surface area contributed by atoms with Crippen molar-refractivity contribution in [3.63, 3.8) is 0 Å². The van der Waals surface area contributed by atoms with Gasteiger partial charge in [0.1, 0.15) is 4.88 Å². The molecule has 20 heavy (non-hydrogen) atoms. The summed E-state index contributed by atoms with van der Waals surface area (Å²) in [7, 11) is 0. The summed E-state index contributed by atoms with van der Waals surface area (Å²) >= 11 is 1.13. The van der Waals surface area contributed by atoms with Gasteiger partial charge in [-0.25, -0.2) is 9.78 Å². The Morgan fingerprint density at radius 3 is 2.95 bits per heavy atom. The number of rotatable bonds is 3. The number of hydrogen-bond donors (Lipinski definition) is 2. The Bertz CT molecular complexity index is 798. The van der Waals surface area contributed by atoms with Crippen molar-refractivity contribution in [2.24, 2.45) is 0 Å². The van der Waals surface area contributed by atoms with Gasteiger partial charge in [-0.3, -0.25) is 4.98 Å². The number of nitrogens with one attached hydrogen (secondary N) is 1. The lowest BCUT2D eigenvalue weighted by Crippen LogP contribution is -1.94. The zero-order valence-corrected chi connectivity index (χ0v) is 11.4. The summed E-state index contributed by atoms with van der Waals surface area (Å²) < 4.78 is 0. The molecule has 0 aliphatic rings. The molecule has 5 nitrogen and oxygen atoms in total. The third-order valence-electron chi connectivity index (χ3n) is 2.85. The van der Waals surface area contributed by atoms with Gasteiger partial charge in [-0.15, -0.1) is 0 Å². The van der Waals surface area contributed by atoms with Crippen molar-refractivity contribution in [3.8, 4) is 0 Å². The highest BCUT2D eigenvalue weighted by Gasteiger charge is 2.13. The molecule has 0 unspecified atom stereocenters. The lowest BCUT2D eigenvalue weighted by atomic mass is 10.2. The molecule has 2 heterocycles. The molecule has 3 aromatic rings. The van der Waals surface area contributed by atoms with E-state index in [4.69, 9.17) is 5.11 Å². The lowest BCUT2D eigenvalue weighted by molar-refractivity contribution is 0.0701. The number of aromatic nitrogens is 2. The van der Waals surface area contributed by atoms with E-state index in [-0.39, 0.29) is 4.88 Å². The van der Waals surface area contributed by atoms with Gasteiger partial charge in [0.15, 0.2) is 5.13 Å². The number of nitrogens with zero attached hydrogens (tertiary/aromatic N) is 2. The molecule has 0 fully saturated rings. The van der Waals surface area contributed by atoms with Crippen molar-refractivity contribution in [1.82, 2.24) is 9.97 Å². The predicted molar refractivity (Wildman–Crippen MR) is 78.8 cm³/mol. The number of anilines is 2. The SMILES string of the molecule is Cc1nc(Nc2ccc3ncccc3c2)sc1C(=O)O. The van der Waals surface area contributed by atoms with Gasteiger partial charge in [0.05, 0.1) is 11.2 Å². The van der Waals surface area contributed by atoms with Gasteiger partial charge in [0.2, 0.25) is 0 Å². The lowest BCUT2D eigenvalue weighted by Gasteiger charge is -2.03. The first-order valence-corrected chi connectivity index (χ1v) is 6.77. The van der Waals surface area contributed by atoms with Gasteiger partial charge in [-0.2, -0.15) is 0 Å². The van der Waals surface area contributed by atoms with Crippen LogP contribution in [0, 0.1) is 6.92 Å². The summed E-state index contributed by atoms with van der Waals surface area (Å²) in [6, 6.07) is 9.62. The number of carboxylic acid groups (broad SMARTS) is 1. The van der Waals surface area contributed by atoms with Crippen LogP contribution in [0.5, 0.6) is 0 Å². The van der Waals surface area contributed by atoms with Gasteiger partial charge in [-0.05, 0) is 31.2 Å². The molecule has 2 N–H and O–H groups in total. The van der Waals surface area contributed by atoms with Gasteiger partial charge < -0.3 is 10.4 Å². The maximum atomic E-state index is 11.0. The Morgan fingerprint density at radius 1 is 1.35 bits per heavy atom. The maximum absolute atomic E-state index is 11.0. The van der Waals surface area contributed by atoms with Gasteiger partial charge in [0.25, 0.3) is 0 Å². The quantitative estimate of drug-likeness (QED) is 0.771. The Kier molecular flexibility index (Phi) is 3.08. The summed E-state index contributed by atoms with van der Waals surface area (Å²) in [6.45, 7) is 1.69. The molecular weight excluding hydrogens is 274 g/mol. The highest BCUT2D eigenvalue weighted by Crippen LogP contribution is 2.27. The third kappa shape index (κ3) is 2.33. The molecule has 6 heteroatoms. The van der Waals surface area contributed by atoms with Crippen LogP contribution in [-0.2, 0) is 0 Å². The van der Waals surface area contributed by atoms with E-state index in [1.807, 2.05) is 30.3 Å². The minimum atomic E-state index is -0.948. The predicted octanol–water partition coefficient (Wildman–Crippen LogP) is 3.44. The molecule has 100 valence electrons. The van der Waals surface area contributed by atoms with Crippen molar-refractivity contribution in [2.75, 3.05) is 5.32 Å². The van der Waals surface area contributed by atoms with Crippen molar-refractivity contribution in [1.29, 1.82) is 0 Å². The smallest absolute Gasteiger partial charge is 0.347 e. The second-order valence-corrected chi connectivity index (χ2v) is 5.27. The number of aromatic carboxylic acids is 1. The van der Waals surface area contributed by atoms with E-state index >= 15 is 0 Å². The van der Waals surface area contributed by atoms with E-state index in [2.05, 4.69) is 15.3 Å². The first kappa shape index (κ1) is 12.6. The largest absolute Gasteiger partial charge is 0.477 e. The number of fused-ring (bicyclic) bond motifs is 1. The Hall–Kier alpha value is -2.47. The highest BCUT2D eigenvalue weighted by atomic mass is 32.1. The van der Waals surface area contributed by atoms with Crippen molar-refractivity contribution >= 4 is 39.0 Å². The fourth-order valence-electron chi connectivity index (χ4n) is 1.93. The van der Waals surface area contributed by atoms with Gasteiger partial charge >= 0.3 is 5.97 Å².